The molecule has 0 amide bonds. The molecule has 1 saturated heterocycles. The Morgan fingerprint density at radius 1 is 1.38 bits per heavy atom. The first-order chi connectivity index (χ1) is 10.0. The van der Waals surface area contributed by atoms with Crippen LogP contribution in [0, 0.1) is 12.7 Å². The second-order valence-corrected chi connectivity index (χ2v) is 5.98. The lowest BCUT2D eigenvalue weighted by atomic mass is 10.0. The van der Waals surface area contributed by atoms with Crippen LogP contribution in [0.3, 0.4) is 0 Å². The second-order valence-electron chi connectivity index (χ2n) is 5.98. The maximum atomic E-state index is 13.5. The molecule has 1 aliphatic rings. The third-order valence-electron chi connectivity index (χ3n) is 4.48. The number of ketones is 1. The van der Waals surface area contributed by atoms with Crippen molar-refractivity contribution in [1.82, 2.24) is 9.80 Å². The molecule has 116 valence electrons. The average Bonchev–Trinajstić information content (AvgIpc) is 2.48. The summed E-state index contributed by atoms with van der Waals surface area (Å²) in [6.07, 6.45) is 1.59. The van der Waals surface area contributed by atoms with Crippen LogP contribution in [0.5, 0.6) is 0 Å². The fourth-order valence-electron chi connectivity index (χ4n) is 2.82. The number of likely N-dealkylation sites (N-methyl/N-ethyl adjacent to an activating group) is 1. The van der Waals surface area contributed by atoms with Crippen molar-refractivity contribution in [3.8, 4) is 0 Å². The molecule has 0 aromatic heterocycles. The second kappa shape index (κ2) is 7.14. The van der Waals surface area contributed by atoms with Crippen LogP contribution in [0.1, 0.15) is 35.7 Å². The van der Waals surface area contributed by atoms with Gasteiger partial charge in [0.1, 0.15) is 5.82 Å². The lowest BCUT2D eigenvalue weighted by molar-refractivity contribution is 0.0824. The minimum Gasteiger partial charge on any atom is -0.301 e. The summed E-state index contributed by atoms with van der Waals surface area (Å²) < 4.78 is 13.5. The van der Waals surface area contributed by atoms with Crippen molar-refractivity contribution < 1.29 is 9.18 Å². The summed E-state index contributed by atoms with van der Waals surface area (Å²) in [5.41, 5.74) is 1.07. The van der Waals surface area contributed by atoms with E-state index in [1.54, 1.807) is 19.1 Å². The molecule has 4 heteroatoms. The number of benzene rings is 1. The SMILES string of the molecule is CCC1CN(CCC(=O)c2ccc(C)c(F)c2)CCN1C. The van der Waals surface area contributed by atoms with Gasteiger partial charge in [-0.25, -0.2) is 4.39 Å². The largest absolute Gasteiger partial charge is 0.301 e. The van der Waals surface area contributed by atoms with E-state index >= 15 is 0 Å². The van der Waals surface area contributed by atoms with Crippen LogP contribution < -0.4 is 0 Å². The predicted octanol–water partition coefficient (Wildman–Crippen LogP) is 2.73. The monoisotopic (exact) mass is 292 g/mol. The molecule has 0 aliphatic carbocycles. The summed E-state index contributed by atoms with van der Waals surface area (Å²) in [5, 5.41) is 0. The number of aryl methyl sites for hydroxylation is 1. The molecular weight excluding hydrogens is 267 g/mol. The molecule has 0 spiro atoms. The number of piperazine rings is 1. The van der Waals surface area contributed by atoms with Crippen LogP contribution in [0.2, 0.25) is 0 Å². The van der Waals surface area contributed by atoms with Crippen molar-refractivity contribution in [1.29, 1.82) is 0 Å². The molecule has 1 aliphatic heterocycles. The van der Waals surface area contributed by atoms with E-state index in [1.807, 2.05) is 0 Å². The quantitative estimate of drug-likeness (QED) is 0.780. The predicted molar refractivity (Wildman–Crippen MR) is 83.2 cm³/mol. The zero-order valence-corrected chi connectivity index (χ0v) is 13.2. The fraction of sp³-hybridized carbons (Fsp3) is 0.588. The Hall–Kier alpha value is -1.26. The maximum absolute atomic E-state index is 13.5. The van der Waals surface area contributed by atoms with Crippen LogP contribution in [0.15, 0.2) is 18.2 Å². The highest BCUT2D eigenvalue weighted by molar-refractivity contribution is 5.96. The van der Waals surface area contributed by atoms with Crippen molar-refractivity contribution in [3.05, 3.63) is 35.1 Å². The van der Waals surface area contributed by atoms with Crippen molar-refractivity contribution in [3.63, 3.8) is 0 Å². The van der Waals surface area contributed by atoms with E-state index in [1.165, 1.54) is 6.07 Å². The van der Waals surface area contributed by atoms with E-state index in [0.717, 1.165) is 32.6 Å². The topological polar surface area (TPSA) is 23.6 Å². The van der Waals surface area contributed by atoms with Gasteiger partial charge in [0.15, 0.2) is 5.78 Å². The first-order valence-corrected chi connectivity index (χ1v) is 7.73. The smallest absolute Gasteiger partial charge is 0.164 e. The molecule has 1 unspecified atom stereocenters. The molecule has 2 rings (SSSR count). The van der Waals surface area contributed by atoms with Gasteiger partial charge in [0.05, 0.1) is 0 Å². The number of Topliss-reactive ketones (excluding diaryl/α,β-unsaturated/α-hetero) is 1. The van der Waals surface area contributed by atoms with E-state index < -0.39 is 0 Å². The number of hydrogen-bond donors (Lipinski definition) is 0. The van der Waals surface area contributed by atoms with Gasteiger partial charge >= 0.3 is 0 Å². The molecule has 0 N–H and O–H groups in total. The number of halogens is 1. The number of nitrogens with zero attached hydrogens (tertiary/aromatic N) is 2. The standard InChI is InChI=1S/C17H25FN2O/c1-4-15-12-20(10-9-19(15)3)8-7-17(21)14-6-5-13(2)16(18)11-14/h5-6,11,15H,4,7-10,12H2,1-3H3. The minimum atomic E-state index is -0.300. The van der Waals surface area contributed by atoms with E-state index in [-0.39, 0.29) is 11.6 Å². The molecular formula is C17H25FN2O. The van der Waals surface area contributed by atoms with Gasteiger partial charge in [-0.1, -0.05) is 19.1 Å². The molecule has 21 heavy (non-hydrogen) atoms. The Kier molecular flexibility index (Phi) is 5.48. The Morgan fingerprint density at radius 3 is 2.81 bits per heavy atom. The highest BCUT2D eigenvalue weighted by Crippen LogP contribution is 2.14. The minimum absolute atomic E-state index is 0.0286. The molecule has 0 radical (unpaired) electrons. The van der Waals surface area contributed by atoms with Crippen LogP contribution in [0.4, 0.5) is 4.39 Å². The van der Waals surface area contributed by atoms with Crippen molar-refractivity contribution >= 4 is 5.78 Å². The average molecular weight is 292 g/mol. The molecule has 1 fully saturated rings. The van der Waals surface area contributed by atoms with Crippen LogP contribution in [0.25, 0.3) is 0 Å². The Labute approximate surface area is 126 Å². The third kappa shape index (κ3) is 4.11. The Morgan fingerprint density at radius 2 is 2.14 bits per heavy atom. The van der Waals surface area contributed by atoms with Crippen LogP contribution >= 0.6 is 0 Å². The van der Waals surface area contributed by atoms with Crippen molar-refractivity contribution in [2.45, 2.75) is 32.7 Å². The zero-order chi connectivity index (χ0) is 15.4. The molecule has 3 nitrogen and oxygen atoms in total. The summed E-state index contributed by atoms with van der Waals surface area (Å²) in [4.78, 5) is 16.9. The lowest BCUT2D eigenvalue weighted by Crippen LogP contribution is -2.51. The highest BCUT2D eigenvalue weighted by atomic mass is 19.1. The van der Waals surface area contributed by atoms with Gasteiger partial charge in [-0.2, -0.15) is 0 Å². The molecule has 0 saturated carbocycles. The molecule has 1 aromatic rings. The summed E-state index contributed by atoms with van der Waals surface area (Å²) in [6, 6.07) is 5.33. The molecule has 1 heterocycles. The van der Waals surface area contributed by atoms with Crippen LogP contribution in [-0.2, 0) is 0 Å². The summed E-state index contributed by atoms with van der Waals surface area (Å²) in [5.74, 6) is -0.271. The normalized spacial score (nSPS) is 20.7. The Bertz CT molecular complexity index is 504. The number of carbonyl (C=O) groups excluding carboxylic acids is 1. The van der Waals surface area contributed by atoms with Gasteiger partial charge in [0.2, 0.25) is 0 Å². The molecule has 0 bridgehead atoms. The fourth-order valence-corrected chi connectivity index (χ4v) is 2.82. The van der Waals surface area contributed by atoms with Gasteiger partial charge in [-0.05, 0) is 32.0 Å². The number of hydrogen-bond acceptors (Lipinski definition) is 3. The first kappa shape index (κ1) is 16.1. The van der Waals surface area contributed by atoms with Crippen LogP contribution in [-0.4, -0.2) is 54.9 Å². The lowest BCUT2D eigenvalue weighted by Gasteiger charge is -2.39. The number of rotatable bonds is 5. The van der Waals surface area contributed by atoms with Gasteiger partial charge < -0.3 is 9.80 Å². The zero-order valence-electron chi connectivity index (χ0n) is 13.2. The highest BCUT2D eigenvalue weighted by Gasteiger charge is 2.23. The summed E-state index contributed by atoms with van der Waals surface area (Å²) in [6.45, 7) is 7.74. The Balaban J connectivity index is 1.87. The van der Waals surface area contributed by atoms with E-state index in [4.69, 9.17) is 0 Å². The van der Waals surface area contributed by atoms with E-state index in [0.29, 0.717) is 23.6 Å². The van der Waals surface area contributed by atoms with Gasteiger partial charge in [-0.3, -0.25) is 4.79 Å². The maximum Gasteiger partial charge on any atom is 0.164 e. The van der Waals surface area contributed by atoms with Gasteiger partial charge in [0.25, 0.3) is 0 Å². The molecule has 1 aromatic carbocycles. The van der Waals surface area contributed by atoms with Crippen molar-refractivity contribution in [2.24, 2.45) is 0 Å². The summed E-state index contributed by atoms with van der Waals surface area (Å²) >= 11 is 0. The molecule has 1 atom stereocenters. The van der Waals surface area contributed by atoms with E-state index in [2.05, 4.69) is 23.8 Å². The third-order valence-corrected chi connectivity index (χ3v) is 4.48. The first-order valence-electron chi connectivity index (χ1n) is 7.73. The van der Waals surface area contributed by atoms with Gasteiger partial charge in [-0.15, -0.1) is 0 Å². The summed E-state index contributed by atoms with van der Waals surface area (Å²) in [7, 11) is 2.16. The number of carbonyl (C=O) groups is 1. The van der Waals surface area contributed by atoms with Gasteiger partial charge in [0, 0.05) is 44.2 Å². The van der Waals surface area contributed by atoms with E-state index in [9.17, 15) is 9.18 Å². The van der Waals surface area contributed by atoms with Crippen molar-refractivity contribution in [2.75, 3.05) is 33.2 Å².